The summed E-state index contributed by atoms with van der Waals surface area (Å²) in [7, 11) is -4.07. The highest BCUT2D eigenvalue weighted by molar-refractivity contribution is 7.92. The van der Waals surface area contributed by atoms with Gasteiger partial charge >= 0.3 is 0 Å². The van der Waals surface area contributed by atoms with Gasteiger partial charge in [-0.25, -0.2) is 8.42 Å². The highest BCUT2D eigenvalue weighted by atomic mass is 35.5. The minimum atomic E-state index is -4.07. The minimum absolute atomic E-state index is 0.0475. The lowest BCUT2D eigenvalue weighted by Gasteiger charge is -2.26. The topological polar surface area (TPSA) is 66.5 Å². The second-order valence-corrected chi connectivity index (χ2v) is 10.2. The van der Waals surface area contributed by atoms with Crippen molar-refractivity contribution in [3.8, 4) is 0 Å². The van der Waals surface area contributed by atoms with Crippen LogP contribution in [-0.4, -0.2) is 20.9 Å². The van der Waals surface area contributed by atoms with Crippen molar-refractivity contribution in [1.82, 2.24) is 5.32 Å². The van der Waals surface area contributed by atoms with Gasteiger partial charge in [0.05, 0.1) is 26.7 Å². The van der Waals surface area contributed by atoms with Gasteiger partial charge < -0.3 is 5.32 Å². The Morgan fingerprint density at radius 2 is 1.69 bits per heavy atom. The number of hydrogen-bond acceptors (Lipinski definition) is 3. The van der Waals surface area contributed by atoms with E-state index in [9.17, 15) is 13.2 Å². The molecule has 5 nitrogen and oxygen atoms in total. The highest BCUT2D eigenvalue weighted by Crippen LogP contribution is 2.35. The largest absolute Gasteiger partial charge is 0.348 e. The standard InChI is InChI=1S/C24H24Cl2N2O3S/c1-16-12-13-20(17(2)14-16)18(3)27-23(29)15-28(22-11-7-10-21(25)24(22)26)32(30,31)19-8-5-4-6-9-19/h4-14,18H,15H2,1-3H3,(H,27,29)/t18-/m0/s1. The molecule has 0 aromatic heterocycles. The van der Waals surface area contributed by atoms with Crippen LogP contribution in [0.5, 0.6) is 0 Å². The zero-order valence-corrected chi connectivity index (χ0v) is 20.3. The lowest BCUT2D eigenvalue weighted by Crippen LogP contribution is -2.41. The maximum absolute atomic E-state index is 13.4. The third-order valence-corrected chi connectivity index (χ3v) is 7.67. The molecule has 0 unspecified atom stereocenters. The third-order valence-electron chi connectivity index (χ3n) is 5.09. The van der Waals surface area contributed by atoms with E-state index < -0.39 is 22.5 Å². The Balaban J connectivity index is 1.94. The molecule has 3 rings (SSSR count). The fourth-order valence-electron chi connectivity index (χ4n) is 3.51. The van der Waals surface area contributed by atoms with E-state index in [1.54, 1.807) is 30.3 Å². The van der Waals surface area contributed by atoms with Gasteiger partial charge in [-0.05, 0) is 56.2 Å². The van der Waals surface area contributed by atoms with Crippen LogP contribution in [0.25, 0.3) is 0 Å². The molecule has 0 spiro atoms. The third kappa shape index (κ3) is 5.26. The highest BCUT2D eigenvalue weighted by Gasteiger charge is 2.29. The molecule has 1 atom stereocenters. The number of carbonyl (C=O) groups is 1. The van der Waals surface area contributed by atoms with Gasteiger partial charge in [-0.1, -0.05) is 71.2 Å². The van der Waals surface area contributed by atoms with Crippen LogP contribution in [0, 0.1) is 13.8 Å². The van der Waals surface area contributed by atoms with Crippen molar-refractivity contribution in [2.75, 3.05) is 10.8 Å². The van der Waals surface area contributed by atoms with Crippen LogP contribution in [-0.2, 0) is 14.8 Å². The van der Waals surface area contributed by atoms with Gasteiger partial charge in [-0.2, -0.15) is 0 Å². The number of carbonyl (C=O) groups excluding carboxylic acids is 1. The molecule has 3 aromatic carbocycles. The number of benzene rings is 3. The molecule has 168 valence electrons. The molecular formula is C24H24Cl2N2O3S. The molecule has 0 saturated carbocycles. The van der Waals surface area contributed by atoms with Gasteiger partial charge in [0, 0.05) is 0 Å². The fourth-order valence-corrected chi connectivity index (χ4v) is 5.41. The molecule has 0 aliphatic heterocycles. The second kappa shape index (κ2) is 9.94. The lowest BCUT2D eigenvalue weighted by molar-refractivity contribution is -0.120. The van der Waals surface area contributed by atoms with Crippen LogP contribution in [0.15, 0.2) is 71.6 Å². The lowest BCUT2D eigenvalue weighted by atomic mass is 10.0. The van der Waals surface area contributed by atoms with Crippen molar-refractivity contribution in [2.24, 2.45) is 0 Å². The van der Waals surface area contributed by atoms with Crippen molar-refractivity contribution in [3.05, 3.63) is 93.5 Å². The number of rotatable bonds is 7. The molecule has 0 heterocycles. The van der Waals surface area contributed by atoms with E-state index in [-0.39, 0.29) is 26.7 Å². The van der Waals surface area contributed by atoms with Gasteiger partial charge in [-0.3, -0.25) is 9.10 Å². The Labute approximate surface area is 199 Å². The second-order valence-electron chi connectivity index (χ2n) is 7.55. The summed E-state index contributed by atoms with van der Waals surface area (Å²) in [4.78, 5) is 13.0. The van der Waals surface area contributed by atoms with Crippen LogP contribution in [0.4, 0.5) is 5.69 Å². The number of halogens is 2. The summed E-state index contributed by atoms with van der Waals surface area (Å²) < 4.78 is 27.8. The zero-order valence-electron chi connectivity index (χ0n) is 18.0. The fraction of sp³-hybridized carbons (Fsp3) is 0.208. The van der Waals surface area contributed by atoms with Gasteiger partial charge in [0.25, 0.3) is 10.0 Å². The summed E-state index contributed by atoms with van der Waals surface area (Å²) in [5, 5.41) is 3.15. The van der Waals surface area contributed by atoms with Crippen LogP contribution < -0.4 is 9.62 Å². The molecule has 0 saturated heterocycles. The van der Waals surface area contributed by atoms with E-state index >= 15 is 0 Å². The van der Waals surface area contributed by atoms with Gasteiger partial charge in [0.2, 0.25) is 5.91 Å². The van der Waals surface area contributed by atoms with Crippen molar-refractivity contribution < 1.29 is 13.2 Å². The summed E-state index contributed by atoms with van der Waals surface area (Å²) in [6, 6.07) is 18.2. The average Bonchev–Trinajstić information content (AvgIpc) is 2.74. The molecule has 0 bridgehead atoms. The molecule has 0 aliphatic carbocycles. The Kier molecular flexibility index (Phi) is 7.49. The number of amides is 1. The molecule has 32 heavy (non-hydrogen) atoms. The Morgan fingerprint density at radius 3 is 2.34 bits per heavy atom. The molecule has 0 radical (unpaired) electrons. The van der Waals surface area contributed by atoms with Crippen LogP contribution in [0.2, 0.25) is 10.0 Å². The van der Waals surface area contributed by atoms with Gasteiger partial charge in [0.1, 0.15) is 6.54 Å². The predicted molar refractivity (Wildman–Crippen MR) is 130 cm³/mol. The summed E-state index contributed by atoms with van der Waals surface area (Å²) in [5.74, 6) is -0.465. The molecule has 1 amide bonds. The summed E-state index contributed by atoms with van der Waals surface area (Å²) >= 11 is 12.5. The number of sulfonamides is 1. The molecule has 8 heteroatoms. The smallest absolute Gasteiger partial charge is 0.264 e. The van der Waals surface area contributed by atoms with E-state index in [4.69, 9.17) is 23.2 Å². The number of nitrogens with zero attached hydrogens (tertiary/aromatic N) is 1. The Bertz CT molecular complexity index is 1230. The number of nitrogens with one attached hydrogen (secondary N) is 1. The van der Waals surface area contributed by atoms with Crippen LogP contribution in [0.3, 0.4) is 0 Å². The van der Waals surface area contributed by atoms with E-state index in [2.05, 4.69) is 5.32 Å². The number of hydrogen-bond donors (Lipinski definition) is 1. The molecule has 3 aromatic rings. The SMILES string of the molecule is Cc1ccc([C@H](C)NC(=O)CN(c2cccc(Cl)c2Cl)S(=O)(=O)c2ccccc2)c(C)c1. The number of anilines is 1. The van der Waals surface area contributed by atoms with E-state index in [1.807, 2.05) is 39.0 Å². The van der Waals surface area contributed by atoms with Crippen molar-refractivity contribution in [3.63, 3.8) is 0 Å². The summed E-state index contributed by atoms with van der Waals surface area (Å²) in [6.07, 6.45) is 0. The normalized spacial score (nSPS) is 12.3. The first-order chi connectivity index (χ1) is 15.1. The van der Waals surface area contributed by atoms with Crippen molar-refractivity contribution >= 4 is 44.8 Å². The maximum atomic E-state index is 13.4. The maximum Gasteiger partial charge on any atom is 0.264 e. The van der Waals surface area contributed by atoms with Gasteiger partial charge in [-0.15, -0.1) is 0 Å². The van der Waals surface area contributed by atoms with E-state index in [1.165, 1.54) is 18.2 Å². The van der Waals surface area contributed by atoms with E-state index in [0.29, 0.717) is 0 Å². The monoisotopic (exact) mass is 490 g/mol. The molecule has 0 aliphatic rings. The van der Waals surface area contributed by atoms with Gasteiger partial charge in [0.15, 0.2) is 0 Å². The first kappa shape index (κ1) is 24.1. The first-order valence-electron chi connectivity index (χ1n) is 9.99. The predicted octanol–water partition coefficient (Wildman–Crippen LogP) is 5.68. The number of aryl methyl sites for hydroxylation is 2. The zero-order chi connectivity index (χ0) is 23.5. The van der Waals surface area contributed by atoms with Crippen molar-refractivity contribution in [2.45, 2.75) is 31.7 Å². The average molecular weight is 491 g/mol. The molecular weight excluding hydrogens is 467 g/mol. The Morgan fingerprint density at radius 1 is 1.00 bits per heavy atom. The van der Waals surface area contributed by atoms with Crippen LogP contribution in [0.1, 0.15) is 29.7 Å². The molecule has 0 fully saturated rings. The Hall–Kier alpha value is -2.54. The molecule has 1 N–H and O–H groups in total. The summed E-state index contributed by atoms with van der Waals surface area (Å²) in [6.45, 7) is 5.38. The van der Waals surface area contributed by atoms with Crippen LogP contribution >= 0.6 is 23.2 Å². The minimum Gasteiger partial charge on any atom is -0.348 e. The quantitative estimate of drug-likeness (QED) is 0.462. The first-order valence-corrected chi connectivity index (χ1v) is 12.2. The summed E-state index contributed by atoms with van der Waals surface area (Å²) in [5.41, 5.74) is 3.27. The van der Waals surface area contributed by atoms with E-state index in [0.717, 1.165) is 21.0 Å². The van der Waals surface area contributed by atoms with Crippen molar-refractivity contribution in [1.29, 1.82) is 0 Å².